The van der Waals surface area contributed by atoms with Crippen LogP contribution in [0, 0.1) is 5.92 Å². The van der Waals surface area contributed by atoms with Crippen molar-refractivity contribution in [2.24, 2.45) is 11.7 Å². The third kappa shape index (κ3) is 6.52. The molecular formula is C15H26N4O. The van der Waals surface area contributed by atoms with E-state index >= 15 is 0 Å². The zero-order valence-corrected chi connectivity index (χ0v) is 12.7. The predicted octanol–water partition coefficient (Wildman–Crippen LogP) is 1.85. The lowest BCUT2D eigenvalue weighted by Crippen LogP contribution is -2.36. The first-order valence-corrected chi connectivity index (χ1v) is 7.20. The smallest absolute Gasteiger partial charge is 0.231 e. The molecule has 0 aliphatic rings. The fourth-order valence-electron chi connectivity index (χ4n) is 2.09. The molecule has 1 aromatic heterocycles. The zero-order valence-electron chi connectivity index (χ0n) is 12.7. The average molecular weight is 278 g/mol. The minimum atomic E-state index is -0.300. The van der Waals surface area contributed by atoms with Crippen molar-refractivity contribution in [1.82, 2.24) is 9.88 Å². The minimum Gasteiger partial charge on any atom is -0.385 e. The van der Waals surface area contributed by atoms with Crippen molar-refractivity contribution in [2.75, 3.05) is 25.0 Å². The number of nitrogens with one attached hydrogen (secondary N) is 1. The van der Waals surface area contributed by atoms with Crippen LogP contribution in [0.25, 0.3) is 0 Å². The second-order valence-electron chi connectivity index (χ2n) is 5.49. The van der Waals surface area contributed by atoms with Crippen molar-refractivity contribution in [2.45, 2.75) is 33.7 Å². The van der Waals surface area contributed by atoms with Crippen LogP contribution in [0.3, 0.4) is 0 Å². The van der Waals surface area contributed by atoms with Crippen LogP contribution in [-0.2, 0) is 11.3 Å². The molecule has 1 heterocycles. The summed E-state index contributed by atoms with van der Waals surface area (Å²) in [6.07, 6.45) is 2.88. The van der Waals surface area contributed by atoms with E-state index in [1.54, 1.807) is 6.20 Å². The quantitative estimate of drug-likeness (QED) is 0.723. The number of rotatable bonds is 9. The Morgan fingerprint density at radius 1 is 1.50 bits per heavy atom. The van der Waals surface area contributed by atoms with Crippen LogP contribution in [0.2, 0.25) is 0 Å². The van der Waals surface area contributed by atoms with Gasteiger partial charge in [-0.1, -0.05) is 20.8 Å². The molecule has 20 heavy (non-hydrogen) atoms. The monoisotopic (exact) mass is 278 g/mol. The molecule has 0 bridgehead atoms. The first kappa shape index (κ1) is 16.4. The molecule has 0 aliphatic carbocycles. The maximum absolute atomic E-state index is 11.1. The van der Waals surface area contributed by atoms with Gasteiger partial charge in [0.1, 0.15) is 0 Å². The first-order chi connectivity index (χ1) is 9.51. The Labute approximate surface area is 121 Å². The SMILES string of the molecule is CCCNc1ccnc(CN(CC(N)=O)CC(C)C)c1. The van der Waals surface area contributed by atoms with Crippen molar-refractivity contribution < 1.29 is 4.79 Å². The Balaban J connectivity index is 2.68. The van der Waals surface area contributed by atoms with E-state index in [1.165, 1.54) is 0 Å². The first-order valence-electron chi connectivity index (χ1n) is 7.20. The Morgan fingerprint density at radius 3 is 2.85 bits per heavy atom. The van der Waals surface area contributed by atoms with Crippen LogP contribution in [0.5, 0.6) is 0 Å². The molecule has 0 radical (unpaired) electrons. The number of aromatic nitrogens is 1. The topological polar surface area (TPSA) is 71.2 Å². The summed E-state index contributed by atoms with van der Waals surface area (Å²) < 4.78 is 0. The largest absolute Gasteiger partial charge is 0.385 e. The van der Waals surface area contributed by atoms with Gasteiger partial charge in [-0.05, 0) is 24.5 Å². The molecule has 0 aliphatic heterocycles. The highest BCUT2D eigenvalue weighted by molar-refractivity contribution is 5.75. The molecule has 0 atom stereocenters. The van der Waals surface area contributed by atoms with E-state index in [9.17, 15) is 4.79 Å². The van der Waals surface area contributed by atoms with Crippen LogP contribution in [0.1, 0.15) is 32.9 Å². The summed E-state index contributed by atoms with van der Waals surface area (Å²) in [6.45, 7) is 9.07. The maximum atomic E-state index is 11.1. The number of nitrogens with zero attached hydrogens (tertiary/aromatic N) is 2. The van der Waals surface area contributed by atoms with E-state index in [1.807, 2.05) is 17.0 Å². The molecule has 1 aromatic rings. The van der Waals surface area contributed by atoms with Crippen molar-refractivity contribution in [3.05, 3.63) is 24.0 Å². The molecule has 0 spiro atoms. The van der Waals surface area contributed by atoms with Gasteiger partial charge in [0, 0.05) is 31.5 Å². The summed E-state index contributed by atoms with van der Waals surface area (Å²) >= 11 is 0. The Bertz CT molecular complexity index is 420. The Kier molecular flexibility index (Phi) is 7.01. The summed E-state index contributed by atoms with van der Waals surface area (Å²) in [4.78, 5) is 17.5. The number of carbonyl (C=O) groups is 1. The second-order valence-corrected chi connectivity index (χ2v) is 5.49. The number of anilines is 1. The number of primary amides is 1. The van der Waals surface area contributed by atoms with E-state index in [0.717, 1.165) is 30.9 Å². The van der Waals surface area contributed by atoms with Gasteiger partial charge >= 0.3 is 0 Å². The predicted molar refractivity (Wildman–Crippen MR) is 82.3 cm³/mol. The highest BCUT2D eigenvalue weighted by Gasteiger charge is 2.11. The molecule has 1 rings (SSSR count). The van der Waals surface area contributed by atoms with Crippen molar-refractivity contribution in [1.29, 1.82) is 0 Å². The number of hydrogen-bond acceptors (Lipinski definition) is 4. The van der Waals surface area contributed by atoms with Crippen molar-refractivity contribution in [3.63, 3.8) is 0 Å². The number of carbonyl (C=O) groups excluding carboxylic acids is 1. The molecule has 0 aromatic carbocycles. The summed E-state index contributed by atoms with van der Waals surface area (Å²) in [5.74, 6) is 0.182. The fraction of sp³-hybridized carbons (Fsp3) is 0.600. The van der Waals surface area contributed by atoms with E-state index in [-0.39, 0.29) is 12.5 Å². The molecule has 0 fully saturated rings. The lowest BCUT2D eigenvalue weighted by molar-refractivity contribution is -0.119. The lowest BCUT2D eigenvalue weighted by atomic mass is 10.2. The molecule has 0 unspecified atom stereocenters. The third-order valence-corrected chi connectivity index (χ3v) is 2.78. The van der Waals surface area contributed by atoms with Gasteiger partial charge in [-0.2, -0.15) is 0 Å². The van der Waals surface area contributed by atoms with Gasteiger partial charge in [0.25, 0.3) is 0 Å². The number of hydrogen-bond donors (Lipinski definition) is 2. The maximum Gasteiger partial charge on any atom is 0.231 e. The Morgan fingerprint density at radius 2 is 2.25 bits per heavy atom. The molecular weight excluding hydrogens is 252 g/mol. The van der Waals surface area contributed by atoms with Gasteiger partial charge in [0.15, 0.2) is 0 Å². The van der Waals surface area contributed by atoms with Crippen LogP contribution in [0.4, 0.5) is 5.69 Å². The number of amides is 1. The van der Waals surface area contributed by atoms with E-state index in [2.05, 4.69) is 31.1 Å². The highest BCUT2D eigenvalue weighted by atomic mass is 16.1. The molecule has 3 N–H and O–H groups in total. The van der Waals surface area contributed by atoms with Crippen molar-refractivity contribution in [3.8, 4) is 0 Å². The number of pyridine rings is 1. The van der Waals surface area contributed by atoms with Crippen molar-refractivity contribution >= 4 is 11.6 Å². The summed E-state index contributed by atoms with van der Waals surface area (Å²) in [6, 6.07) is 3.99. The average Bonchev–Trinajstić information content (AvgIpc) is 2.35. The van der Waals surface area contributed by atoms with Crippen LogP contribution < -0.4 is 11.1 Å². The van der Waals surface area contributed by atoms with Crippen LogP contribution in [0.15, 0.2) is 18.3 Å². The van der Waals surface area contributed by atoms with E-state index in [4.69, 9.17) is 5.73 Å². The molecule has 5 heteroatoms. The van der Waals surface area contributed by atoms with Crippen LogP contribution >= 0.6 is 0 Å². The van der Waals surface area contributed by atoms with E-state index < -0.39 is 0 Å². The third-order valence-electron chi connectivity index (χ3n) is 2.78. The van der Waals surface area contributed by atoms with Gasteiger partial charge in [0.2, 0.25) is 5.91 Å². The number of nitrogens with two attached hydrogens (primary N) is 1. The van der Waals surface area contributed by atoms with Gasteiger partial charge in [-0.15, -0.1) is 0 Å². The second kappa shape index (κ2) is 8.53. The van der Waals surface area contributed by atoms with Crippen LogP contribution in [-0.4, -0.2) is 35.4 Å². The fourth-order valence-corrected chi connectivity index (χ4v) is 2.09. The zero-order chi connectivity index (χ0) is 15.0. The highest BCUT2D eigenvalue weighted by Crippen LogP contribution is 2.11. The summed E-state index contributed by atoms with van der Waals surface area (Å²) in [7, 11) is 0. The van der Waals surface area contributed by atoms with E-state index in [0.29, 0.717) is 12.5 Å². The Hall–Kier alpha value is -1.62. The molecule has 0 saturated heterocycles. The molecule has 112 valence electrons. The van der Waals surface area contributed by atoms with Gasteiger partial charge in [-0.25, -0.2) is 0 Å². The summed E-state index contributed by atoms with van der Waals surface area (Å²) in [5, 5.41) is 3.34. The molecule has 0 saturated carbocycles. The van der Waals surface area contributed by atoms with Gasteiger partial charge in [-0.3, -0.25) is 14.7 Å². The molecule has 1 amide bonds. The summed E-state index contributed by atoms with van der Waals surface area (Å²) in [5.41, 5.74) is 7.33. The lowest BCUT2D eigenvalue weighted by Gasteiger charge is -2.22. The minimum absolute atomic E-state index is 0.270. The van der Waals surface area contributed by atoms with Gasteiger partial charge < -0.3 is 11.1 Å². The normalized spacial score (nSPS) is 11.1. The molecule has 5 nitrogen and oxygen atoms in total. The standard InChI is InChI=1S/C15H26N4O/c1-4-6-17-13-5-7-18-14(8-13)10-19(9-12(2)3)11-15(16)20/h5,7-8,12H,4,6,9-11H2,1-3H3,(H2,16,20)(H,17,18). The van der Waals surface area contributed by atoms with Gasteiger partial charge in [0.05, 0.1) is 12.2 Å².